The lowest BCUT2D eigenvalue weighted by Gasteiger charge is -2.48. The molecular formula is C24H26N6O. The fourth-order valence-corrected chi connectivity index (χ4v) is 5.20. The van der Waals surface area contributed by atoms with Crippen molar-refractivity contribution in [3.05, 3.63) is 70.8 Å². The van der Waals surface area contributed by atoms with Gasteiger partial charge < -0.3 is 10.6 Å². The van der Waals surface area contributed by atoms with Gasteiger partial charge in [0.25, 0.3) is 5.91 Å². The van der Waals surface area contributed by atoms with Crippen molar-refractivity contribution in [2.24, 2.45) is 10.2 Å². The standard InChI is InChI=1S/C24H26N6O/c1-5-24(17-8-6-7-15(10-17)16-9-14(2)29-25-12-16)18-13-26-30-21(18)27-19-11-23(3,4)28-22(31)20(19)24/h6-10,12-13,21,27H,5,11H2,1-4H3,(H,28,31). The van der Waals surface area contributed by atoms with Crippen molar-refractivity contribution in [3.63, 3.8) is 0 Å². The average molecular weight is 415 g/mol. The molecule has 2 unspecified atom stereocenters. The molecule has 4 heterocycles. The van der Waals surface area contributed by atoms with E-state index in [9.17, 15) is 4.79 Å². The SMILES string of the molecule is CCC1(c2cccc(-c3cnnc(C)c3)c2)C2=CN=NC2NC2=C1C(=O)NC(C)(C)C2. The van der Waals surface area contributed by atoms with Crippen molar-refractivity contribution in [1.29, 1.82) is 0 Å². The third-order valence-electron chi connectivity index (χ3n) is 6.50. The lowest BCUT2D eigenvalue weighted by molar-refractivity contribution is -0.120. The number of fused-ring (bicyclic) bond motifs is 1. The summed E-state index contributed by atoms with van der Waals surface area (Å²) in [6.07, 6.45) is 4.81. The van der Waals surface area contributed by atoms with E-state index in [1.54, 1.807) is 6.20 Å². The van der Waals surface area contributed by atoms with Gasteiger partial charge in [-0.15, -0.1) is 0 Å². The molecule has 1 amide bonds. The highest BCUT2D eigenvalue weighted by Gasteiger charge is 2.53. The van der Waals surface area contributed by atoms with Gasteiger partial charge in [-0.25, -0.2) is 0 Å². The summed E-state index contributed by atoms with van der Waals surface area (Å²) in [5.74, 6) is -0.0290. The van der Waals surface area contributed by atoms with E-state index in [0.717, 1.165) is 52.1 Å². The first kappa shape index (κ1) is 19.6. The Bertz CT molecular complexity index is 1180. The maximum absolute atomic E-state index is 13.5. The first-order valence-electron chi connectivity index (χ1n) is 10.7. The number of rotatable bonds is 3. The summed E-state index contributed by atoms with van der Waals surface area (Å²) in [7, 11) is 0. The number of carbonyl (C=O) groups excluding carboxylic acids is 1. The molecule has 0 saturated heterocycles. The highest BCUT2D eigenvalue weighted by Crippen LogP contribution is 2.51. The zero-order valence-electron chi connectivity index (χ0n) is 18.2. The molecular weight excluding hydrogens is 388 g/mol. The van der Waals surface area contributed by atoms with Crippen molar-refractivity contribution in [1.82, 2.24) is 20.8 Å². The third kappa shape index (κ3) is 2.99. The van der Waals surface area contributed by atoms with E-state index >= 15 is 0 Å². The van der Waals surface area contributed by atoms with Crippen LogP contribution >= 0.6 is 0 Å². The van der Waals surface area contributed by atoms with Gasteiger partial charge in [0.2, 0.25) is 0 Å². The lowest BCUT2D eigenvalue weighted by Crippen LogP contribution is -2.58. The Balaban J connectivity index is 1.73. The average Bonchev–Trinajstić information content (AvgIpc) is 3.20. The van der Waals surface area contributed by atoms with E-state index in [1.165, 1.54) is 0 Å². The van der Waals surface area contributed by atoms with Crippen LogP contribution in [0.1, 0.15) is 44.9 Å². The Morgan fingerprint density at radius 1 is 1.19 bits per heavy atom. The summed E-state index contributed by atoms with van der Waals surface area (Å²) in [5, 5.41) is 23.5. The number of azo groups is 1. The number of aromatic nitrogens is 2. The number of amides is 1. The first-order chi connectivity index (χ1) is 14.8. The highest BCUT2D eigenvalue weighted by molar-refractivity contribution is 6.00. The predicted molar refractivity (Wildman–Crippen MR) is 118 cm³/mol. The Labute approximate surface area is 181 Å². The number of hydrogen-bond donors (Lipinski definition) is 2. The number of benzene rings is 1. The van der Waals surface area contributed by atoms with Crippen molar-refractivity contribution in [2.45, 2.75) is 57.7 Å². The fourth-order valence-electron chi connectivity index (χ4n) is 5.20. The summed E-state index contributed by atoms with van der Waals surface area (Å²) < 4.78 is 0. The molecule has 2 aromatic rings. The van der Waals surface area contributed by atoms with Gasteiger partial charge in [-0.3, -0.25) is 4.79 Å². The van der Waals surface area contributed by atoms with Crippen molar-refractivity contribution < 1.29 is 4.79 Å². The fraction of sp³-hybridized carbons (Fsp3) is 0.375. The predicted octanol–water partition coefficient (Wildman–Crippen LogP) is 3.93. The van der Waals surface area contributed by atoms with Crippen LogP contribution in [-0.2, 0) is 10.2 Å². The second-order valence-corrected chi connectivity index (χ2v) is 9.16. The van der Waals surface area contributed by atoms with Crippen LogP contribution in [0.4, 0.5) is 0 Å². The minimum Gasteiger partial charge on any atom is -0.362 e. The van der Waals surface area contributed by atoms with Gasteiger partial charge in [-0.2, -0.15) is 20.4 Å². The second-order valence-electron chi connectivity index (χ2n) is 9.16. The third-order valence-corrected chi connectivity index (χ3v) is 6.50. The Morgan fingerprint density at radius 3 is 2.81 bits per heavy atom. The molecule has 0 bridgehead atoms. The molecule has 0 radical (unpaired) electrons. The number of aryl methyl sites for hydroxylation is 1. The Morgan fingerprint density at radius 2 is 2.03 bits per heavy atom. The largest absolute Gasteiger partial charge is 0.362 e. The van der Waals surface area contributed by atoms with Crippen LogP contribution < -0.4 is 10.6 Å². The number of nitrogens with zero attached hydrogens (tertiary/aromatic N) is 4. The summed E-state index contributed by atoms with van der Waals surface area (Å²) in [5.41, 5.74) is 5.83. The van der Waals surface area contributed by atoms with Crippen LogP contribution in [0.5, 0.6) is 0 Å². The van der Waals surface area contributed by atoms with Gasteiger partial charge in [-0.05, 0) is 50.5 Å². The number of nitrogens with one attached hydrogen (secondary N) is 2. The number of hydrogen-bond acceptors (Lipinski definition) is 6. The molecule has 2 N–H and O–H groups in total. The van der Waals surface area contributed by atoms with E-state index in [1.807, 2.05) is 39.1 Å². The summed E-state index contributed by atoms with van der Waals surface area (Å²) in [6, 6.07) is 10.4. The second kappa shape index (κ2) is 6.83. The smallest absolute Gasteiger partial charge is 0.250 e. The maximum Gasteiger partial charge on any atom is 0.250 e. The van der Waals surface area contributed by atoms with Gasteiger partial charge in [0.1, 0.15) is 0 Å². The van der Waals surface area contributed by atoms with Crippen LogP contribution in [0.25, 0.3) is 11.1 Å². The molecule has 31 heavy (non-hydrogen) atoms. The van der Waals surface area contributed by atoms with Crippen molar-refractivity contribution in [3.8, 4) is 11.1 Å². The van der Waals surface area contributed by atoms with E-state index in [2.05, 4.69) is 56.2 Å². The van der Waals surface area contributed by atoms with Crippen LogP contribution in [0.2, 0.25) is 0 Å². The minimum atomic E-state index is -0.596. The molecule has 0 fully saturated rings. The molecule has 3 aliphatic rings. The molecule has 0 saturated carbocycles. The summed E-state index contributed by atoms with van der Waals surface area (Å²) >= 11 is 0. The van der Waals surface area contributed by atoms with E-state index < -0.39 is 5.41 Å². The van der Waals surface area contributed by atoms with Gasteiger partial charge in [0.05, 0.1) is 29.1 Å². The molecule has 7 nitrogen and oxygen atoms in total. The molecule has 2 atom stereocenters. The summed E-state index contributed by atoms with van der Waals surface area (Å²) in [4.78, 5) is 13.5. The molecule has 3 aliphatic heterocycles. The normalized spacial score (nSPS) is 26.0. The molecule has 0 spiro atoms. The molecule has 158 valence electrons. The van der Waals surface area contributed by atoms with Crippen LogP contribution in [0.15, 0.2) is 69.8 Å². The van der Waals surface area contributed by atoms with Crippen molar-refractivity contribution in [2.75, 3.05) is 0 Å². The van der Waals surface area contributed by atoms with Gasteiger partial charge in [-0.1, -0.05) is 25.1 Å². The van der Waals surface area contributed by atoms with Crippen LogP contribution in [0.3, 0.4) is 0 Å². The van der Waals surface area contributed by atoms with E-state index in [0.29, 0.717) is 0 Å². The zero-order chi connectivity index (χ0) is 21.8. The molecule has 5 rings (SSSR count). The molecule has 7 heteroatoms. The van der Waals surface area contributed by atoms with Gasteiger partial charge in [0, 0.05) is 28.8 Å². The monoisotopic (exact) mass is 414 g/mol. The lowest BCUT2D eigenvalue weighted by atomic mass is 9.62. The number of carbonyl (C=O) groups is 1. The first-order valence-corrected chi connectivity index (χ1v) is 10.7. The van der Waals surface area contributed by atoms with Crippen molar-refractivity contribution >= 4 is 5.91 Å². The summed E-state index contributed by atoms with van der Waals surface area (Å²) in [6.45, 7) is 8.16. The topological polar surface area (TPSA) is 91.6 Å². The minimum absolute atomic E-state index is 0.0290. The Hall–Kier alpha value is -3.35. The van der Waals surface area contributed by atoms with Crippen LogP contribution in [-0.4, -0.2) is 27.8 Å². The molecule has 1 aromatic carbocycles. The zero-order valence-corrected chi connectivity index (χ0v) is 18.2. The van der Waals surface area contributed by atoms with E-state index in [-0.39, 0.29) is 17.6 Å². The van der Waals surface area contributed by atoms with E-state index in [4.69, 9.17) is 0 Å². The van der Waals surface area contributed by atoms with Gasteiger partial charge in [0.15, 0.2) is 6.17 Å². The van der Waals surface area contributed by atoms with Gasteiger partial charge >= 0.3 is 0 Å². The maximum atomic E-state index is 13.5. The van der Waals surface area contributed by atoms with Crippen LogP contribution in [0, 0.1) is 6.92 Å². The molecule has 1 aromatic heterocycles. The quantitative estimate of drug-likeness (QED) is 0.796. The molecule has 0 aliphatic carbocycles. The highest BCUT2D eigenvalue weighted by atomic mass is 16.2. The Kier molecular flexibility index (Phi) is 4.32.